The van der Waals surface area contributed by atoms with Crippen LogP contribution in [0.15, 0.2) is 36.4 Å². The van der Waals surface area contributed by atoms with E-state index in [2.05, 4.69) is 14.8 Å². The van der Waals surface area contributed by atoms with Gasteiger partial charge in [-0.3, -0.25) is 4.79 Å². The maximum atomic E-state index is 13.0. The summed E-state index contributed by atoms with van der Waals surface area (Å²) in [6.45, 7) is -0.619. The maximum Gasteiger partial charge on any atom is 0.586 e. The molecule has 1 N–H and O–H groups in total. The molecule has 0 saturated heterocycles. The number of benzene rings is 2. The molecular weight excluding hydrogens is 395 g/mol. The molecule has 1 aliphatic heterocycles. The van der Waals surface area contributed by atoms with Crippen LogP contribution >= 0.6 is 23.2 Å². The second-order valence-corrected chi connectivity index (χ2v) is 5.84. The van der Waals surface area contributed by atoms with Gasteiger partial charge in [0.1, 0.15) is 0 Å². The fourth-order valence-electron chi connectivity index (χ4n) is 2.09. The zero-order valence-corrected chi connectivity index (χ0v) is 14.2. The summed E-state index contributed by atoms with van der Waals surface area (Å²) in [5.74, 6) is -1.91. The Morgan fingerprint density at radius 3 is 2.62 bits per heavy atom. The Labute approximate surface area is 155 Å². The van der Waals surface area contributed by atoms with Gasteiger partial charge in [-0.1, -0.05) is 29.3 Å². The van der Waals surface area contributed by atoms with Gasteiger partial charge in [-0.15, -0.1) is 8.78 Å². The van der Waals surface area contributed by atoms with Gasteiger partial charge in [0.05, 0.1) is 15.6 Å². The molecule has 2 aromatic rings. The van der Waals surface area contributed by atoms with Gasteiger partial charge in [0, 0.05) is 11.8 Å². The van der Waals surface area contributed by atoms with Gasteiger partial charge in [0.15, 0.2) is 18.1 Å². The number of fused-ring (bicyclic) bond motifs is 1. The van der Waals surface area contributed by atoms with Crippen LogP contribution < -0.4 is 14.8 Å². The van der Waals surface area contributed by atoms with Crippen molar-refractivity contribution in [3.05, 3.63) is 52.0 Å². The van der Waals surface area contributed by atoms with E-state index in [0.717, 1.165) is 6.07 Å². The van der Waals surface area contributed by atoms with Gasteiger partial charge in [0.2, 0.25) is 0 Å². The lowest BCUT2D eigenvalue weighted by Gasteiger charge is -2.08. The third kappa shape index (κ3) is 3.97. The van der Waals surface area contributed by atoms with Crippen LogP contribution in [0.5, 0.6) is 11.5 Å². The zero-order valence-electron chi connectivity index (χ0n) is 12.7. The maximum absolute atomic E-state index is 13.0. The van der Waals surface area contributed by atoms with E-state index in [1.165, 1.54) is 30.3 Å². The van der Waals surface area contributed by atoms with Crippen molar-refractivity contribution < 1.29 is 32.6 Å². The van der Waals surface area contributed by atoms with Gasteiger partial charge in [-0.2, -0.15) is 0 Å². The fraction of sp³-hybridized carbons (Fsp3) is 0.125. The van der Waals surface area contributed by atoms with Crippen molar-refractivity contribution in [2.75, 3.05) is 11.9 Å². The summed E-state index contributed by atoms with van der Waals surface area (Å²) in [5.41, 5.74) is 0.171. The lowest BCUT2D eigenvalue weighted by Crippen LogP contribution is -2.25. The van der Waals surface area contributed by atoms with Crippen molar-refractivity contribution in [1.82, 2.24) is 0 Å². The van der Waals surface area contributed by atoms with Crippen LogP contribution in [0.1, 0.15) is 10.4 Å². The van der Waals surface area contributed by atoms with Crippen LogP contribution in [-0.4, -0.2) is 24.8 Å². The number of hydrogen-bond acceptors (Lipinski definition) is 5. The van der Waals surface area contributed by atoms with E-state index in [9.17, 15) is 18.4 Å². The van der Waals surface area contributed by atoms with E-state index in [1.807, 2.05) is 0 Å². The molecule has 1 heterocycles. The van der Waals surface area contributed by atoms with Gasteiger partial charge in [0.25, 0.3) is 5.91 Å². The van der Waals surface area contributed by atoms with Crippen LogP contribution in [0.2, 0.25) is 10.0 Å². The number of alkyl halides is 2. The minimum atomic E-state index is -3.75. The van der Waals surface area contributed by atoms with Crippen molar-refractivity contribution in [2.45, 2.75) is 6.29 Å². The number of ether oxygens (including phenoxy) is 3. The quantitative estimate of drug-likeness (QED) is 0.777. The number of rotatable bonds is 4. The molecule has 3 rings (SSSR count). The van der Waals surface area contributed by atoms with Crippen LogP contribution in [0, 0.1) is 0 Å². The second-order valence-electron chi connectivity index (χ2n) is 5.05. The number of carbonyl (C=O) groups is 2. The molecule has 0 spiro atoms. The highest BCUT2D eigenvalue weighted by atomic mass is 35.5. The highest BCUT2D eigenvalue weighted by molar-refractivity contribution is 6.43. The first-order valence-electron chi connectivity index (χ1n) is 7.06. The first kappa shape index (κ1) is 18.2. The van der Waals surface area contributed by atoms with Gasteiger partial charge in [-0.05, 0) is 24.3 Å². The highest BCUT2D eigenvalue weighted by Gasteiger charge is 2.43. The van der Waals surface area contributed by atoms with Gasteiger partial charge in [-0.25, -0.2) is 4.79 Å². The average molecular weight is 404 g/mol. The SMILES string of the molecule is O=C(COC(=O)c1cccc(Cl)c1Cl)Nc1ccc2c(c1)OC(F)(F)O2. The van der Waals surface area contributed by atoms with Crippen molar-refractivity contribution in [3.8, 4) is 11.5 Å². The smallest absolute Gasteiger partial charge is 0.452 e. The average Bonchev–Trinajstić information content (AvgIpc) is 2.88. The molecule has 1 amide bonds. The number of esters is 1. The molecule has 6 nitrogen and oxygen atoms in total. The Balaban J connectivity index is 1.58. The number of carbonyl (C=O) groups excluding carboxylic acids is 2. The Morgan fingerprint density at radius 2 is 1.85 bits per heavy atom. The van der Waals surface area contributed by atoms with Crippen molar-refractivity contribution in [3.63, 3.8) is 0 Å². The van der Waals surface area contributed by atoms with Crippen LogP contribution in [0.3, 0.4) is 0 Å². The minimum absolute atomic E-state index is 0.0104. The normalized spacial score (nSPS) is 14.0. The standard InChI is InChI=1S/C16H9Cl2F2NO5/c17-10-3-1-2-9(14(10)18)15(23)24-7-13(22)21-8-4-5-11-12(6-8)26-16(19,20)25-11/h1-6H,7H2,(H,21,22). The van der Waals surface area contributed by atoms with E-state index in [4.69, 9.17) is 27.9 Å². The summed E-state index contributed by atoms with van der Waals surface area (Å²) in [6.07, 6.45) is -3.75. The number of halogens is 4. The topological polar surface area (TPSA) is 73.9 Å². The predicted octanol–water partition coefficient (Wildman–Crippen LogP) is 4.11. The molecule has 10 heteroatoms. The highest BCUT2D eigenvalue weighted by Crippen LogP contribution is 2.42. The number of anilines is 1. The monoisotopic (exact) mass is 403 g/mol. The molecule has 0 bridgehead atoms. The van der Waals surface area contributed by atoms with Crippen molar-refractivity contribution in [1.29, 1.82) is 0 Å². The van der Waals surface area contributed by atoms with Crippen molar-refractivity contribution >= 4 is 40.8 Å². The van der Waals surface area contributed by atoms with E-state index >= 15 is 0 Å². The van der Waals surface area contributed by atoms with E-state index < -0.39 is 24.8 Å². The van der Waals surface area contributed by atoms with Crippen LogP contribution in [0.25, 0.3) is 0 Å². The lowest BCUT2D eigenvalue weighted by atomic mass is 10.2. The first-order chi connectivity index (χ1) is 12.2. The fourth-order valence-corrected chi connectivity index (χ4v) is 2.47. The summed E-state index contributed by atoms with van der Waals surface area (Å²) in [5, 5.41) is 2.56. The molecule has 0 aliphatic carbocycles. The summed E-state index contributed by atoms with van der Waals surface area (Å²) in [4.78, 5) is 23.8. The van der Waals surface area contributed by atoms with E-state index in [-0.39, 0.29) is 32.8 Å². The molecule has 0 fully saturated rings. The molecule has 2 aromatic carbocycles. The Morgan fingerprint density at radius 1 is 1.12 bits per heavy atom. The summed E-state index contributed by atoms with van der Waals surface area (Å²) in [7, 11) is 0. The Kier molecular flexibility index (Phi) is 4.88. The summed E-state index contributed by atoms with van der Waals surface area (Å²) in [6, 6.07) is 8.10. The molecule has 0 saturated carbocycles. The van der Waals surface area contributed by atoms with Crippen LogP contribution in [0.4, 0.5) is 14.5 Å². The lowest BCUT2D eigenvalue weighted by molar-refractivity contribution is -0.286. The van der Waals surface area contributed by atoms with E-state index in [0.29, 0.717) is 0 Å². The first-order valence-corrected chi connectivity index (χ1v) is 7.82. The molecule has 0 unspecified atom stereocenters. The zero-order chi connectivity index (χ0) is 18.9. The molecule has 136 valence electrons. The van der Waals surface area contributed by atoms with E-state index in [1.54, 1.807) is 0 Å². The minimum Gasteiger partial charge on any atom is -0.452 e. The molecule has 0 atom stereocenters. The number of amides is 1. The number of hydrogen-bond donors (Lipinski definition) is 1. The predicted molar refractivity (Wildman–Crippen MR) is 88.0 cm³/mol. The largest absolute Gasteiger partial charge is 0.586 e. The number of nitrogens with one attached hydrogen (secondary N) is 1. The third-order valence-electron chi connectivity index (χ3n) is 3.19. The Bertz CT molecular complexity index is 891. The molecule has 1 aliphatic rings. The Hall–Kier alpha value is -2.58. The summed E-state index contributed by atoms with van der Waals surface area (Å²) < 4.78 is 39.3. The van der Waals surface area contributed by atoms with Crippen LogP contribution in [-0.2, 0) is 9.53 Å². The molecule has 0 radical (unpaired) electrons. The summed E-state index contributed by atoms with van der Waals surface area (Å²) >= 11 is 11.7. The molecule has 0 aromatic heterocycles. The molecule has 26 heavy (non-hydrogen) atoms. The second kappa shape index (κ2) is 6.97. The van der Waals surface area contributed by atoms with Crippen molar-refractivity contribution in [2.24, 2.45) is 0 Å². The van der Waals surface area contributed by atoms with Gasteiger partial charge >= 0.3 is 12.3 Å². The van der Waals surface area contributed by atoms with Gasteiger partial charge < -0.3 is 19.5 Å². The molecular formula is C16H9Cl2F2NO5. The third-order valence-corrected chi connectivity index (χ3v) is 4.01.